The van der Waals surface area contributed by atoms with Crippen LogP contribution in [0.25, 0.3) is 0 Å². The van der Waals surface area contributed by atoms with E-state index in [2.05, 4.69) is 5.32 Å². The number of rotatable bonds is 5. The van der Waals surface area contributed by atoms with Crippen molar-refractivity contribution < 1.29 is 18.3 Å². The van der Waals surface area contributed by atoms with Crippen molar-refractivity contribution in [3.05, 3.63) is 34.9 Å². The van der Waals surface area contributed by atoms with Crippen molar-refractivity contribution >= 4 is 5.91 Å². The average Bonchev–Trinajstić information content (AvgIpc) is 2.79. The van der Waals surface area contributed by atoms with E-state index in [9.17, 15) is 13.6 Å². The lowest BCUT2D eigenvalue weighted by molar-refractivity contribution is 0.0441. The lowest BCUT2D eigenvalue weighted by Gasteiger charge is -2.15. The summed E-state index contributed by atoms with van der Waals surface area (Å²) in [7, 11) is 0. The fourth-order valence-corrected chi connectivity index (χ4v) is 2.74. The molecule has 1 aliphatic carbocycles. The van der Waals surface area contributed by atoms with Gasteiger partial charge in [0.15, 0.2) is 0 Å². The molecule has 0 atom stereocenters. The van der Waals surface area contributed by atoms with Gasteiger partial charge in [-0.2, -0.15) is 5.26 Å². The lowest BCUT2D eigenvalue weighted by Crippen LogP contribution is -2.30. The van der Waals surface area contributed by atoms with Crippen molar-refractivity contribution in [3.63, 3.8) is 0 Å². The normalized spacial score (nSPS) is 15.7. The zero-order valence-electron chi connectivity index (χ0n) is 12.9. The summed E-state index contributed by atoms with van der Waals surface area (Å²) in [5, 5.41) is 11.1. The van der Waals surface area contributed by atoms with Crippen molar-refractivity contribution in [2.75, 3.05) is 13.2 Å². The number of nitriles is 1. The van der Waals surface area contributed by atoms with E-state index in [4.69, 9.17) is 10.00 Å². The Kier molecular flexibility index (Phi) is 6.48. The molecular formula is C17H20F2N2O2. The molecular weight excluding hydrogens is 302 g/mol. The Labute approximate surface area is 134 Å². The maximum absolute atomic E-state index is 13.7. The molecule has 0 bridgehead atoms. The fourth-order valence-electron chi connectivity index (χ4n) is 2.74. The third-order valence-corrected chi connectivity index (χ3v) is 3.94. The van der Waals surface area contributed by atoms with E-state index in [0.717, 1.165) is 37.8 Å². The Morgan fingerprint density at radius 2 is 1.83 bits per heavy atom. The van der Waals surface area contributed by atoms with Gasteiger partial charge < -0.3 is 10.1 Å². The summed E-state index contributed by atoms with van der Waals surface area (Å²) < 4.78 is 33.1. The van der Waals surface area contributed by atoms with Gasteiger partial charge in [-0.25, -0.2) is 8.78 Å². The number of carbonyl (C=O) groups is 1. The predicted molar refractivity (Wildman–Crippen MR) is 80.8 cm³/mol. The molecule has 1 aromatic carbocycles. The number of ether oxygens (including phenoxy) is 1. The molecule has 1 N–H and O–H groups in total. The van der Waals surface area contributed by atoms with Crippen LogP contribution < -0.4 is 5.32 Å². The number of benzene rings is 1. The Morgan fingerprint density at radius 3 is 2.39 bits per heavy atom. The molecule has 1 saturated carbocycles. The summed E-state index contributed by atoms with van der Waals surface area (Å²) in [6, 6.07) is 3.33. The summed E-state index contributed by atoms with van der Waals surface area (Å²) in [5.74, 6) is -2.92. The molecule has 124 valence electrons. The monoisotopic (exact) mass is 322 g/mol. The molecule has 23 heavy (non-hydrogen) atoms. The zero-order valence-corrected chi connectivity index (χ0v) is 12.9. The van der Waals surface area contributed by atoms with Gasteiger partial charge in [0.1, 0.15) is 17.2 Å². The Bertz CT molecular complexity index is 568. The highest BCUT2D eigenvalue weighted by Gasteiger charge is 2.19. The van der Waals surface area contributed by atoms with Crippen molar-refractivity contribution in [1.29, 1.82) is 5.26 Å². The first-order valence-electron chi connectivity index (χ1n) is 7.90. The maximum atomic E-state index is 13.7. The first-order chi connectivity index (χ1) is 11.1. The minimum atomic E-state index is -1.04. The number of hydrogen-bond donors (Lipinski definition) is 1. The SMILES string of the molecule is N#Cc1cc(F)c(C(=O)NCCOC2CCCCCC2)c(F)c1. The van der Waals surface area contributed by atoms with Gasteiger partial charge in [0.05, 0.1) is 24.3 Å². The van der Waals surface area contributed by atoms with Crippen molar-refractivity contribution in [2.24, 2.45) is 0 Å². The van der Waals surface area contributed by atoms with Crippen LogP contribution in [0.1, 0.15) is 54.4 Å². The van der Waals surface area contributed by atoms with E-state index < -0.39 is 23.1 Å². The lowest BCUT2D eigenvalue weighted by atomic mass is 10.1. The molecule has 1 amide bonds. The van der Waals surface area contributed by atoms with Crippen LogP contribution in [-0.2, 0) is 4.74 Å². The largest absolute Gasteiger partial charge is 0.376 e. The summed E-state index contributed by atoms with van der Waals surface area (Å²) in [6.45, 7) is 0.504. The number of nitrogens with zero attached hydrogens (tertiary/aromatic N) is 1. The number of amides is 1. The highest BCUT2D eigenvalue weighted by Crippen LogP contribution is 2.19. The molecule has 2 rings (SSSR count). The molecule has 0 heterocycles. The first-order valence-corrected chi connectivity index (χ1v) is 7.90. The van der Waals surface area contributed by atoms with Crippen molar-refractivity contribution in [1.82, 2.24) is 5.32 Å². The third-order valence-electron chi connectivity index (χ3n) is 3.94. The van der Waals surface area contributed by atoms with E-state index in [1.54, 1.807) is 6.07 Å². The van der Waals surface area contributed by atoms with Crippen LogP contribution >= 0.6 is 0 Å². The number of carbonyl (C=O) groups excluding carboxylic acids is 1. The van der Waals surface area contributed by atoms with Gasteiger partial charge >= 0.3 is 0 Å². The van der Waals surface area contributed by atoms with Crippen LogP contribution in [0.5, 0.6) is 0 Å². The fraction of sp³-hybridized carbons (Fsp3) is 0.529. The van der Waals surface area contributed by atoms with Gasteiger partial charge in [-0.15, -0.1) is 0 Å². The van der Waals surface area contributed by atoms with Crippen LogP contribution in [0.4, 0.5) is 8.78 Å². The third kappa shape index (κ3) is 5.00. The smallest absolute Gasteiger partial charge is 0.257 e. The van der Waals surface area contributed by atoms with Gasteiger partial charge in [0.2, 0.25) is 0 Å². The molecule has 6 heteroatoms. The quantitative estimate of drug-likeness (QED) is 0.668. The van der Waals surface area contributed by atoms with Gasteiger partial charge in [-0.05, 0) is 25.0 Å². The molecule has 1 fully saturated rings. The molecule has 1 aliphatic rings. The van der Waals surface area contributed by atoms with Crippen molar-refractivity contribution in [2.45, 2.75) is 44.6 Å². The second-order valence-electron chi connectivity index (χ2n) is 5.67. The van der Waals surface area contributed by atoms with Gasteiger partial charge in [-0.1, -0.05) is 25.7 Å². The molecule has 0 spiro atoms. The highest BCUT2D eigenvalue weighted by molar-refractivity contribution is 5.94. The maximum Gasteiger partial charge on any atom is 0.257 e. The van der Waals surface area contributed by atoms with E-state index in [-0.39, 0.29) is 18.2 Å². The molecule has 4 nitrogen and oxygen atoms in total. The van der Waals surface area contributed by atoms with Crippen molar-refractivity contribution in [3.8, 4) is 6.07 Å². The second-order valence-corrected chi connectivity index (χ2v) is 5.67. The van der Waals surface area contributed by atoms with Crippen LogP contribution in [0.3, 0.4) is 0 Å². The summed E-state index contributed by atoms with van der Waals surface area (Å²) >= 11 is 0. The minimum Gasteiger partial charge on any atom is -0.376 e. The Balaban J connectivity index is 1.82. The zero-order chi connectivity index (χ0) is 16.7. The van der Waals surface area contributed by atoms with Crippen LogP contribution in [-0.4, -0.2) is 25.2 Å². The topological polar surface area (TPSA) is 62.1 Å². The number of hydrogen-bond acceptors (Lipinski definition) is 3. The summed E-state index contributed by atoms with van der Waals surface area (Å²) in [4.78, 5) is 11.9. The van der Waals surface area contributed by atoms with E-state index in [0.29, 0.717) is 6.61 Å². The standard InChI is InChI=1S/C17H20F2N2O2/c18-14-9-12(11-20)10-15(19)16(14)17(22)21-7-8-23-13-5-3-1-2-4-6-13/h9-10,13H,1-8H2,(H,21,22). The number of halogens is 2. The van der Waals surface area contributed by atoms with E-state index in [1.807, 2.05) is 0 Å². The van der Waals surface area contributed by atoms with E-state index in [1.165, 1.54) is 12.8 Å². The minimum absolute atomic E-state index is 0.159. The molecule has 0 aromatic heterocycles. The molecule has 0 aliphatic heterocycles. The second kappa shape index (κ2) is 8.59. The number of nitrogens with one attached hydrogen (secondary N) is 1. The Morgan fingerprint density at radius 1 is 1.22 bits per heavy atom. The van der Waals surface area contributed by atoms with Crippen LogP contribution in [0, 0.1) is 23.0 Å². The van der Waals surface area contributed by atoms with Gasteiger partial charge in [-0.3, -0.25) is 4.79 Å². The molecule has 0 radical (unpaired) electrons. The summed E-state index contributed by atoms with van der Waals surface area (Å²) in [6.07, 6.45) is 7.01. The average molecular weight is 322 g/mol. The van der Waals surface area contributed by atoms with Gasteiger partial charge in [0.25, 0.3) is 5.91 Å². The van der Waals surface area contributed by atoms with E-state index >= 15 is 0 Å². The molecule has 1 aromatic rings. The predicted octanol–water partition coefficient (Wildman–Crippen LogP) is 3.31. The van der Waals surface area contributed by atoms with Crippen LogP contribution in [0.2, 0.25) is 0 Å². The van der Waals surface area contributed by atoms with Gasteiger partial charge in [0, 0.05) is 6.54 Å². The Hall–Kier alpha value is -2.00. The molecule has 0 unspecified atom stereocenters. The highest BCUT2D eigenvalue weighted by atomic mass is 19.1. The van der Waals surface area contributed by atoms with Crippen LogP contribution in [0.15, 0.2) is 12.1 Å². The summed E-state index contributed by atoms with van der Waals surface area (Å²) in [5.41, 5.74) is -0.827. The first kappa shape index (κ1) is 17.4. The molecule has 0 saturated heterocycles.